The second kappa shape index (κ2) is 4.98. The molecule has 3 aliphatic carbocycles. The zero-order chi connectivity index (χ0) is 21.6. The van der Waals surface area contributed by atoms with Crippen LogP contribution in [0.4, 0.5) is 0 Å². The molecule has 10 heteroatoms. The Kier molecular flexibility index (Phi) is 3.21. The van der Waals surface area contributed by atoms with Crippen LogP contribution in [0.5, 0.6) is 0 Å². The lowest BCUT2D eigenvalue weighted by Gasteiger charge is -2.70. The topological polar surface area (TPSA) is 166 Å². The molecule has 5 fully saturated rings. The monoisotopic (exact) mass is 424 g/mol. The molecule has 0 amide bonds. The molecule has 30 heavy (non-hydrogen) atoms. The minimum absolute atomic E-state index is 0.145. The second-order valence-electron chi connectivity index (χ2n) is 10.0. The van der Waals surface area contributed by atoms with E-state index in [2.05, 4.69) is 0 Å². The van der Waals surface area contributed by atoms with Gasteiger partial charge in [0.1, 0.15) is 23.9 Å². The highest BCUT2D eigenvalue weighted by molar-refractivity contribution is 5.96. The fraction of sp³-hybridized carbons (Fsp3) is 0.800. The van der Waals surface area contributed by atoms with Gasteiger partial charge in [0.05, 0.1) is 18.6 Å². The number of aliphatic hydroxyl groups excluding tert-OH is 3. The van der Waals surface area contributed by atoms with Crippen LogP contribution in [0.3, 0.4) is 0 Å². The van der Waals surface area contributed by atoms with Crippen molar-refractivity contribution in [2.45, 2.75) is 61.7 Å². The second-order valence-corrected chi connectivity index (χ2v) is 10.0. The molecule has 164 valence electrons. The molecule has 0 aromatic carbocycles. The molecule has 2 spiro atoms. The van der Waals surface area contributed by atoms with Gasteiger partial charge in [-0.3, -0.25) is 4.79 Å². The fourth-order valence-corrected chi connectivity index (χ4v) is 7.88. The van der Waals surface area contributed by atoms with E-state index in [9.17, 15) is 35.1 Å². The minimum atomic E-state index is -2.35. The lowest BCUT2D eigenvalue weighted by Crippen LogP contribution is -2.87. The van der Waals surface area contributed by atoms with E-state index in [1.807, 2.05) is 0 Å². The van der Waals surface area contributed by atoms with Gasteiger partial charge in [-0.05, 0) is 25.3 Å². The van der Waals surface area contributed by atoms with E-state index < -0.39 is 75.8 Å². The Labute approximate surface area is 171 Å². The summed E-state index contributed by atoms with van der Waals surface area (Å²) in [5, 5.41) is 56.7. The van der Waals surface area contributed by atoms with Crippen molar-refractivity contribution < 1.29 is 49.3 Å². The summed E-state index contributed by atoms with van der Waals surface area (Å²) in [4.78, 5) is 25.2. The first-order valence-corrected chi connectivity index (χ1v) is 10.1. The van der Waals surface area contributed by atoms with Crippen LogP contribution in [-0.2, 0) is 23.8 Å². The summed E-state index contributed by atoms with van der Waals surface area (Å²) in [7, 11) is 0. The summed E-state index contributed by atoms with van der Waals surface area (Å²) in [6, 6.07) is 0. The first-order chi connectivity index (χ1) is 13.9. The van der Waals surface area contributed by atoms with E-state index in [4.69, 9.17) is 14.2 Å². The van der Waals surface area contributed by atoms with Gasteiger partial charge in [0.25, 0.3) is 0 Å². The molecule has 0 aromatic heterocycles. The average Bonchev–Trinajstić information content (AvgIpc) is 3.44. The molecule has 10 nitrogen and oxygen atoms in total. The van der Waals surface area contributed by atoms with E-state index >= 15 is 0 Å². The Morgan fingerprint density at radius 1 is 1.07 bits per heavy atom. The fourth-order valence-electron chi connectivity index (χ4n) is 7.88. The largest absolute Gasteiger partial charge is 0.460 e. The Morgan fingerprint density at radius 2 is 1.73 bits per heavy atom. The van der Waals surface area contributed by atoms with Crippen molar-refractivity contribution in [2.24, 2.45) is 22.7 Å². The summed E-state index contributed by atoms with van der Waals surface area (Å²) in [5.41, 5.74) is -6.52. The standard InChI is InChI=1S/C20H24O10/c1-7-3-9(21)11(22)16(2)8(7)4-10-17-5-29-19(26,14(16)17)15(25)18(6-28-18)20(17,27)12(23)13(24)30-10/h3,8,10-12,14-15,22-23,25-27H,4-6H2,1-2H3/t8-,10-,11-,12+,14-,15-,16-,17-,18+,19-,20+/m1/s1. The number of hydrogen-bond donors (Lipinski definition) is 5. The molecule has 6 rings (SSSR count). The van der Waals surface area contributed by atoms with Gasteiger partial charge in [-0.2, -0.15) is 0 Å². The van der Waals surface area contributed by atoms with Gasteiger partial charge < -0.3 is 39.7 Å². The number of aliphatic hydroxyl groups is 5. The lowest BCUT2D eigenvalue weighted by atomic mass is 9.36. The number of fused-ring (bicyclic) bond motifs is 2. The molecule has 0 aromatic rings. The van der Waals surface area contributed by atoms with Gasteiger partial charge in [0.2, 0.25) is 0 Å². The maximum atomic E-state index is 12.6. The quantitative estimate of drug-likeness (QED) is 0.205. The zero-order valence-corrected chi connectivity index (χ0v) is 16.4. The van der Waals surface area contributed by atoms with Gasteiger partial charge in [-0.25, -0.2) is 4.79 Å². The third-order valence-corrected chi connectivity index (χ3v) is 9.17. The van der Waals surface area contributed by atoms with Gasteiger partial charge in [0.15, 0.2) is 23.3 Å². The van der Waals surface area contributed by atoms with Crippen LogP contribution in [-0.4, -0.2) is 91.9 Å². The van der Waals surface area contributed by atoms with Gasteiger partial charge in [0, 0.05) is 11.3 Å². The Morgan fingerprint density at radius 3 is 2.37 bits per heavy atom. The maximum Gasteiger partial charge on any atom is 0.338 e. The Hall–Kier alpha value is -1.40. The molecular formula is C20H24O10. The first-order valence-electron chi connectivity index (χ1n) is 10.1. The molecule has 2 bridgehead atoms. The summed E-state index contributed by atoms with van der Waals surface area (Å²) in [5.74, 6) is -5.64. The third kappa shape index (κ3) is 1.53. The van der Waals surface area contributed by atoms with Gasteiger partial charge in [-0.1, -0.05) is 12.5 Å². The van der Waals surface area contributed by atoms with Crippen molar-refractivity contribution in [3.8, 4) is 0 Å². The number of rotatable bonds is 0. The highest BCUT2D eigenvalue weighted by Gasteiger charge is 2.94. The number of esters is 1. The summed E-state index contributed by atoms with van der Waals surface area (Å²) >= 11 is 0. The van der Waals surface area contributed by atoms with Crippen LogP contribution < -0.4 is 0 Å². The van der Waals surface area contributed by atoms with Crippen LogP contribution >= 0.6 is 0 Å². The van der Waals surface area contributed by atoms with Crippen molar-refractivity contribution in [3.05, 3.63) is 11.6 Å². The SMILES string of the molecule is CC1=CC(=O)[C@@H](O)[C@@]2(C)[C@@H]1C[C@H]1OC(=O)[C@H](O)[C@]3(O)[C@]14CO[C@](O)([C@H]24)[C@H](O)[C@@]31CO1. The Balaban J connectivity index is 1.68. The molecule has 2 saturated carbocycles. The number of ether oxygens (including phenoxy) is 3. The van der Waals surface area contributed by atoms with Crippen LogP contribution in [0.2, 0.25) is 0 Å². The molecular weight excluding hydrogens is 400 g/mol. The van der Waals surface area contributed by atoms with Crippen LogP contribution in [0.1, 0.15) is 20.3 Å². The molecule has 0 unspecified atom stereocenters. The van der Waals surface area contributed by atoms with Crippen molar-refractivity contribution >= 4 is 11.8 Å². The highest BCUT2D eigenvalue weighted by Crippen LogP contribution is 2.77. The predicted octanol–water partition coefficient (Wildman–Crippen LogP) is -2.62. The molecule has 3 aliphatic heterocycles. The average molecular weight is 424 g/mol. The highest BCUT2D eigenvalue weighted by atomic mass is 16.7. The normalized spacial score (nSPS) is 63.1. The number of hydrogen-bond acceptors (Lipinski definition) is 10. The number of carbonyl (C=O) groups is 2. The molecule has 11 atom stereocenters. The molecule has 0 radical (unpaired) electrons. The molecule has 5 N–H and O–H groups in total. The van der Waals surface area contributed by atoms with Crippen molar-refractivity contribution in [1.29, 1.82) is 0 Å². The van der Waals surface area contributed by atoms with Crippen LogP contribution in [0.15, 0.2) is 11.6 Å². The molecule has 3 saturated heterocycles. The van der Waals surface area contributed by atoms with E-state index in [1.165, 1.54) is 6.08 Å². The van der Waals surface area contributed by atoms with Crippen molar-refractivity contribution in [1.82, 2.24) is 0 Å². The van der Waals surface area contributed by atoms with Crippen molar-refractivity contribution in [2.75, 3.05) is 13.2 Å². The van der Waals surface area contributed by atoms with E-state index in [0.717, 1.165) is 0 Å². The van der Waals surface area contributed by atoms with Crippen LogP contribution in [0, 0.1) is 22.7 Å². The number of ketones is 1. The number of allylic oxidation sites excluding steroid dienone is 1. The minimum Gasteiger partial charge on any atom is -0.460 e. The van der Waals surface area contributed by atoms with E-state index in [1.54, 1.807) is 13.8 Å². The zero-order valence-electron chi connectivity index (χ0n) is 16.4. The maximum absolute atomic E-state index is 12.6. The van der Waals surface area contributed by atoms with Gasteiger partial charge in [-0.15, -0.1) is 0 Å². The van der Waals surface area contributed by atoms with E-state index in [-0.39, 0.29) is 19.6 Å². The first kappa shape index (κ1) is 19.3. The van der Waals surface area contributed by atoms with Gasteiger partial charge >= 0.3 is 5.97 Å². The number of carbonyl (C=O) groups excluding carboxylic acids is 2. The Bertz CT molecular complexity index is 927. The molecule has 3 heterocycles. The smallest absolute Gasteiger partial charge is 0.338 e. The summed E-state index contributed by atoms with van der Waals surface area (Å²) in [6.45, 7) is 2.77. The number of epoxide rings is 1. The lowest BCUT2D eigenvalue weighted by molar-refractivity contribution is -0.379. The summed E-state index contributed by atoms with van der Waals surface area (Å²) < 4.78 is 16.7. The van der Waals surface area contributed by atoms with E-state index in [0.29, 0.717) is 5.57 Å². The van der Waals surface area contributed by atoms with Crippen LogP contribution in [0.25, 0.3) is 0 Å². The predicted molar refractivity (Wildman–Crippen MR) is 93.3 cm³/mol. The van der Waals surface area contributed by atoms with Crippen molar-refractivity contribution in [3.63, 3.8) is 0 Å². The molecule has 6 aliphatic rings. The summed E-state index contributed by atoms with van der Waals surface area (Å²) in [6.07, 6.45) is -4.96. The third-order valence-electron chi connectivity index (χ3n) is 9.17.